The quantitative estimate of drug-likeness (QED) is 0.517. The van der Waals surface area contributed by atoms with Gasteiger partial charge in [-0.3, -0.25) is 10.4 Å². The fraction of sp³-hybridized carbons (Fsp3) is 0. The van der Waals surface area contributed by atoms with Gasteiger partial charge in [0.25, 0.3) is 0 Å². The second-order valence-electron chi connectivity index (χ2n) is 2.08. The number of hydrogen-bond donors (Lipinski definition) is 1. The molecule has 0 saturated heterocycles. The third-order valence-corrected chi connectivity index (χ3v) is 1.22. The molecule has 60 valence electrons. The van der Waals surface area contributed by atoms with Crippen molar-refractivity contribution in [2.75, 3.05) is 0 Å². The number of aliphatic imine (C=N–C) groups is 1. The van der Waals surface area contributed by atoms with Gasteiger partial charge in [0, 0.05) is 12.4 Å². The summed E-state index contributed by atoms with van der Waals surface area (Å²) in [7, 11) is 0. The summed E-state index contributed by atoms with van der Waals surface area (Å²) in [6.45, 7) is 3.46. The zero-order valence-electron chi connectivity index (χ0n) is 6.57. The average molecular weight is 159 g/mol. The molecule has 1 heterocycles. The molecule has 1 aromatic rings. The van der Waals surface area contributed by atoms with Gasteiger partial charge < -0.3 is 0 Å². The van der Waals surface area contributed by atoms with Crippen molar-refractivity contribution in [1.29, 1.82) is 5.41 Å². The van der Waals surface area contributed by atoms with Crippen molar-refractivity contribution in [3.8, 4) is 0 Å². The van der Waals surface area contributed by atoms with Gasteiger partial charge in [-0.2, -0.15) is 0 Å². The Morgan fingerprint density at radius 3 is 3.00 bits per heavy atom. The van der Waals surface area contributed by atoms with E-state index >= 15 is 0 Å². The molecule has 0 unspecified atom stereocenters. The van der Waals surface area contributed by atoms with Crippen LogP contribution >= 0.6 is 0 Å². The van der Waals surface area contributed by atoms with Gasteiger partial charge in [0.2, 0.25) is 0 Å². The van der Waals surface area contributed by atoms with E-state index in [1.54, 1.807) is 18.3 Å². The predicted octanol–water partition coefficient (Wildman–Crippen LogP) is 1.66. The lowest BCUT2D eigenvalue weighted by Crippen LogP contribution is -1.97. The van der Waals surface area contributed by atoms with Crippen LogP contribution in [-0.2, 0) is 0 Å². The van der Waals surface area contributed by atoms with E-state index in [0.29, 0.717) is 5.69 Å². The van der Waals surface area contributed by atoms with Crippen LogP contribution in [-0.4, -0.2) is 17.0 Å². The number of amidine groups is 1. The molecule has 0 amide bonds. The molecule has 0 atom stereocenters. The molecule has 0 saturated carbocycles. The normalized spacial score (nSPS) is 10.0. The first-order valence-electron chi connectivity index (χ1n) is 3.49. The Morgan fingerprint density at radius 2 is 2.42 bits per heavy atom. The molecule has 0 bridgehead atoms. The Balaban J connectivity index is 2.79. The summed E-state index contributed by atoms with van der Waals surface area (Å²) in [4.78, 5) is 7.75. The molecular formula is C9H9N3. The van der Waals surface area contributed by atoms with Crippen LogP contribution in [0.25, 0.3) is 0 Å². The van der Waals surface area contributed by atoms with E-state index in [-0.39, 0.29) is 5.84 Å². The number of rotatable bonds is 2. The van der Waals surface area contributed by atoms with Crippen LogP contribution in [0, 0.1) is 5.41 Å². The van der Waals surface area contributed by atoms with E-state index in [1.807, 2.05) is 6.07 Å². The van der Waals surface area contributed by atoms with Crippen molar-refractivity contribution in [2.45, 2.75) is 0 Å². The molecule has 1 aromatic heterocycles. The Kier molecular flexibility index (Phi) is 2.90. The maximum atomic E-state index is 7.42. The number of aromatic nitrogens is 1. The molecule has 0 fully saturated rings. The van der Waals surface area contributed by atoms with Gasteiger partial charge in [0.1, 0.15) is 5.69 Å². The zero-order valence-corrected chi connectivity index (χ0v) is 6.57. The molecule has 0 spiro atoms. The molecular weight excluding hydrogens is 150 g/mol. The van der Waals surface area contributed by atoms with Gasteiger partial charge in [-0.05, 0) is 12.1 Å². The number of allylic oxidation sites excluding steroid dienone is 1. The SMILES string of the molecule is C=C/C=N\C(=N)c1ccccn1. The number of hydrogen-bond acceptors (Lipinski definition) is 2. The van der Waals surface area contributed by atoms with E-state index in [1.165, 1.54) is 12.3 Å². The molecule has 1 rings (SSSR count). The monoisotopic (exact) mass is 159 g/mol. The number of nitrogens with one attached hydrogen (secondary N) is 1. The third kappa shape index (κ3) is 2.12. The second-order valence-corrected chi connectivity index (χ2v) is 2.08. The van der Waals surface area contributed by atoms with Crippen LogP contribution in [0.1, 0.15) is 5.69 Å². The first-order valence-corrected chi connectivity index (χ1v) is 3.49. The van der Waals surface area contributed by atoms with Crippen molar-refractivity contribution < 1.29 is 0 Å². The average Bonchev–Trinajstić information content (AvgIpc) is 2.15. The molecule has 0 aromatic carbocycles. The fourth-order valence-corrected chi connectivity index (χ4v) is 0.696. The number of pyridine rings is 1. The Morgan fingerprint density at radius 1 is 1.58 bits per heavy atom. The maximum Gasteiger partial charge on any atom is 0.170 e. The van der Waals surface area contributed by atoms with Gasteiger partial charge in [0.15, 0.2) is 5.84 Å². The largest absolute Gasteiger partial charge is 0.281 e. The van der Waals surface area contributed by atoms with Crippen LogP contribution in [0.4, 0.5) is 0 Å². The topological polar surface area (TPSA) is 49.1 Å². The van der Waals surface area contributed by atoms with E-state index in [9.17, 15) is 0 Å². The predicted molar refractivity (Wildman–Crippen MR) is 49.8 cm³/mol. The summed E-state index contributed by atoms with van der Waals surface area (Å²) in [6, 6.07) is 5.36. The smallest absolute Gasteiger partial charge is 0.170 e. The van der Waals surface area contributed by atoms with Gasteiger partial charge in [-0.25, -0.2) is 4.99 Å². The van der Waals surface area contributed by atoms with Gasteiger partial charge in [0.05, 0.1) is 0 Å². The molecule has 1 N–H and O–H groups in total. The van der Waals surface area contributed by atoms with E-state index in [4.69, 9.17) is 5.41 Å². The lowest BCUT2D eigenvalue weighted by molar-refractivity contribution is 1.26. The highest BCUT2D eigenvalue weighted by Gasteiger charge is 1.96. The summed E-state index contributed by atoms with van der Waals surface area (Å²) < 4.78 is 0. The zero-order chi connectivity index (χ0) is 8.81. The second kappa shape index (κ2) is 4.18. The fourth-order valence-electron chi connectivity index (χ4n) is 0.696. The van der Waals surface area contributed by atoms with Crippen molar-refractivity contribution in [3.63, 3.8) is 0 Å². The standard InChI is InChI=1S/C9H9N3/c1-2-6-12-9(10)8-5-3-4-7-11-8/h2-7,10H,1H2/b10-9?,12-6-. The van der Waals surface area contributed by atoms with Gasteiger partial charge >= 0.3 is 0 Å². The van der Waals surface area contributed by atoms with Crippen LogP contribution in [0.5, 0.6) is 0 Å². The summed E-state index contributed by atoms with van der Waals surface area (Å²) in [5.41, 5.74) is 0.565. The highest BCUT2D eigenvalue weighted by Crippen LogP contribution is 1.94. The van der Waals surface area contributed by atoms with E-state index < -0.39 is 0 Å². The van der Waals surface area contributed by atoms with Gasteiger partial charge in [-0.1, -0.05) is 18.7 Å². The molecule has 0 aliphatic carbocycles. The van der Waals surface area contributed by atoms with Crippen LogP contribution in [0.15, 0.2) is 42.0 Å². The van der Waals surface area contributed by atoms with Crippen LogP contribution in [0.2, 0.25) is 0 Å². The minimum Gasteiger partial charge on any atom is -0.281 e. The van der Waals surface area contributed by atoms with Crippen molar-refractivity contribution in [3.05, 3.63) is 42.7 Å². The van der Waals surface area contributed by atoms with Crippen LogP contribution < -0.4 is 0 Å². The van der Waals surface area contributed by atoms with E-state index in [2.05, 4.69) is 16.6 Å². The van der Waals surface area contributed by atoms with Gasteiger partial charge in [-0.15, -0.1) is 0 Å². The summed E-state index contributed by atoms with van der Waals surface area (Å²) in [5, 5.41) is 7.42. The van der Waals surface area contributed by atoms with Crippen molar-refractivity contribution >= 4 is 12.1 Å². The highest BCUT2D eigenvalue weighted by molar-refractivity contribution is 6.00. The highest BCUT2D eigenvalue weighted by atomic mass is 14.9. The lowest BCUT2D eigenvalue weighted by Gasteiger charge is -1.93. The number of nitrogens with zero attached hydrogens (tertiary/aromatic N) is 2. The molecule has 3 nitrogen and oxygen atoms in total. The lowest BCUT2D eigenvalue weighted by atomic mass is 10.3. The molecule has 0 radical (unpaired) electrons. The summed E-state index contributed by atoms with van der Waals surface area (Å²) >= 11 is 0. The Bertz CT molecular complexity index is 301. The summed E-state index contributed by atoms with van der Waals surface area (Å²) in [5.74, 6) is 0.149. The first kappa shape index (κ1) is 8.33. The van der Waals surface area contributed by atoms with E-state index in [0.717, 1.165) is 0 Å². The van der Waals surface area contributed by atoms with Crippen molar-refractivity contribution in [2.24, 2.45) is 4.99 Å². The first-order chi connectivity index (χ1) is 5.84. The Hall–Kier alpha value is -1.77. The maximum absolute atomic E-state index is 7.42. The molecule has 0 aliphatic heterocycles. The Labute approximate surface area is 71.0 Å². The molecule has 0 aliphatic rings. The summed E-state index contributed by atoms with van der Waals surface area (Å²) in [6.07, 6.45) is 4.63. The minimum atomic E-state index is 0.149. The molecule has 12 heavy (non-hydrogen) atoms. The van der Waals surface area contributed by atoms with Crippen LogP contribution in [0.3, 0.4) is 0 Å². The third-order valence-electron chi connectivity index (χ3n) is 1.22. The minimum absolute atomic E-state index is 0.149. The van der Waals surface area contributed by atoms with Crippen molar-refractivity contribution in [1.82, 2.24) is 4.98 Å². The molecule has 3 heteroatoms.